The van der Waals surface area contributed by atoms with Gasteiger partial charge in [-0.2, -0.15) is 0 Å². The van der Waals surface area contributed by atoms with Crippen LogP contribution < -0.4 is 0 Å². The molecule has 0 radical (unpaired) electrons. The number of ketones is 1. The molecule has 18 heavy (non-hydrogen) atoms. The van der Waals surface area contributed by atoms with Crippen LogP contribution >= 0.6 is 0 Å². The first-order chi connectivity index (χ1) is 8.56. The number of carbonyl (C=O) groups is 1. The van der Waals surface area contributed by atoms with Gasteiger partial charge in [-0.3, -0.25) is 4.79 Å². The summed E-state index contributed by atoms with van der Waals surface area (Å²) < 4.78 is 0. The summed E-state index contributed by atoms with van der Waals surface area (Å²) in [6.45, 7) is 6.45. The zero-order chi connectivity index (χ0) is 12.9. The lowest BCUT2D eigenvalue weighted by molar-refractivity contribution is 0.0886. The Labute approximate surface area is 109 Å². The van der Waals surface area contributed by atoms with Crippen molar-refractivity contribution < 1.29 is 4.79 Å². The molecule has 0 saturated carbocycles. The van der Waals surface area contributed by atoms with Crippen LogP contribution in [0.4, 0.5) is 0 Å². The molecule has 0 spiro atoms. The SMILES string of the molecule is Cc1cc(C)c2c(c1)[C@H]1CN(C)CC[C@@H]1CC2=O. The van der Waals surface area contributed by atoms with Crippen LogP contribution in [-0.2, 0) is 0 Å². The molecule has 1 aromatic carbocycles. The first-order valence-corrected chi connectivity index (χ1v) is 6.89. The van der Waals surface area contributed by atoms with Crippen LogP contribution in [0.2, 0.25) is 0 Å². The van der Waals surface area contributed by atoms with Gasteiger partial charge in [0.2, 0.25) is 0 Å². The van der Waals surface area contributed by atoms with Gasteiger partial charge < -0.3 is 4.90 Å². The van der Waals surface area contributed by atoms with Gasteiger partial charge in [-0.1, -0.05) is 17.7 Å². The van der Waals surface area contributed by atoms with Gasteiger partial charge in [0.05, 0.1) is 0 Å². The number of nitrogens with zero attached hydrogens (tertiary/aromatic N) is 1. The lowest BCUT2D eigenvalue weighted by atomic mass is 9.70. The van der Waals surface area contributed by atoms with E-state index < -0.39 is 0 Å². The summed E-state index contributed by atoms with van der Waals surface area (Å²) in [6, 6.07) is 4.39. The summed E-state index contributed by atoms with van der Waals surface area (Å²) in [5.74, 6) is 1.51. The van der Waals surface area contributed by atoms with Crippen molar-refractivity contribution in [2.75, 3.05) is 20.1 Å². The normalized spacial score (nSPS) is 27.8. The quantitative estimate of drug-likeness (QED) is 0.698. The van der Waals surface area contributed by atoms with E-state index in [1.807, 2.05) is 0 Å². The van der Waals surface area contributed by atoms with Gasteiger partial charge >= 0.3 is 0 Å². The molecule has 0 N–H and O–H groups in total. The van der Waals surface area contributed by atoms with Gasteiger partial charge in [0, 0.05) is 24.4 Å². The Kier molecular flexibility index (Phi) is 2.78. The fourth-order valence-corrected chi connectivity index (χ4v) is 3.77. The minimum Gasteiger partial charge on any atom is -0.306 e. The summed E-state index contributed by atoms with van der Waals surface area (Å²) in [5, 5.41) is 0. The number of benzene rings is 1. The van der Waals surface area contributed by atoms with E-state index in [4.69, 9.17) is 0 Å². The van der Waals surface area contributed by atoms with Crippen molar-refractivity contribution in [3.63, 3.8) is 0 Å². The molecule has 96 valence electrons. The van der Waals surface area contributed by atoms with Crippen molar-refractivity contribution in [2.24, 2.45) is 5.92 Å². The van der Waals surface area contributed by atoms with Gasteiger partial charge in [-0.15, -0.1) is 0 Å². The number of aryl methyl sites for hydroxylation is 2. The number of piperidine rings is 1. The molecule has 2 aliphatic rings. The van der Waals surface area contributed by atoms with E-state index in [-0.39, 0.29) is 0 Å². The van der Waals surface area contributed by atoms with E-state index in [0.29, 0.717) is 17.6 Å². The first kappa shape index (κ1) is 11.9. The summed E-state index contributed by atoms with van der Waals surface area (Å²) in [6.07, 6.45) is 1.93. The molecule has 2 atom stereocenters. The number of rotatable bonds is 0. The standard InChI is InChI=1S/C16H21NO/c1-10-6-11(2)16-13(7-10)14-9-17(3)5-4-12(14)8-15(16)18/h6-7,12,14H,4-5,8-9H2,1-3H3/t12-,14+/m1/s1. The Bertz CT molecular complexity index is 506. The molecule has 1 aliphatic carbocycles. The molecule has 1 aliphatic heterocycles. The van der Waals surface area contributed by atoms with E-state index >= 15 is 0 Å². The smallest absolute Gasteiger partial charge is 0.163 e. The molecule has 1 fully saturated rings. The summed E-state index contributed by atoms with van der Waals surface area (Å²) in [5.41, 5.74) is 4.80. The molecular weight excluding hydrogens is 222 g/mol. The number of hydrogen-bond donors (Lipinski definition) is 0. The monoisotopic (exact) mass is 243 g/mol. The van der Waals surface area contributed by atoms with Crippen LogP contribution in [0.1, 0.15) is 45.8 Å². The van der Waals surface area contributed by atoms with Crippen LogP contribution in [0.5, 0.6) is 0 Å². The fourth-order valence-electron chi connectivity index (χ4n) is 3.77. The van der Waals surface area contributed by atoms with E-state index in [1.54, 1.807) is 0 Å². The molecule has 0 aromatic heterocycles. The Hall–Kier alpha value is -1.15. The predicted octanol–water partition coefficient (Wildman–Crippen LogP) is 2.93. The molecule has 2 heteroatoms. The number of hydrogen-bond acceptors (Lipinski definition) is 2. The Morgan fingerprint density at radius 3 is 2.83 bits per heavy atom. The minimum absolute atomic E-state index is 0.369. The van der Waals surface area contributed by atoms with Crippen LogP contribution in [0.15, 0.2) is 12.1 Å². The second-order valence-corrected chi connectivity index (χ2v) is 6.09. The highest BCUT2D eigenvalue weighted by atomic mass is 16.1. The number of likely N-dealkylation sites (N-methyl/N-ethyl adjacent to an activating group) is 1. The molecule has 2 nitrogen and oxygen atoms in total. The van der Waals surface area contributed by atoms with Gasteiger partial charge in [0.25, 0.3) is 0 Å². The molecule has 0 unspecified atom stereocenters. The number of carbonyl (C=O) groups excluding carboxylic acids is 1. The molecule has 1 heterocycles. The van der Waals surface area contributed by atoms with Crippen LogP contribution in [0, 0.1) is 19.8 Å². The van der Waals surface area contributed by atoms with Crippen molar-refractivity contribution in [2.45, 2.75) is 32.6 Å². The highest BCUT2D eigenvalue weighted by molar-refractivity contribution is 6.00. The van der Waals surface area contributed by atoms with Gasteiger partial charge in [-0.05, 0) is 50.9 Å². The van der Waals surface area contributed by atoms with E-state index in [2.05, 4.69) is 37.9 Å². The molecule has 1 aromatic rings. The third-order valence-electron chi connectivity index (χ3n) is 4.60. The topological polar surface area (TPSA) is 20.3 Å². The Balaban J connectivity index is 2.12. The van der Waals surface area contributed by atoms with Crippen LogP contribution in [0.25, 0.3) is 0 Å². The summed E-state index contributed by atoms with van der Waals surface area (Å²) >= 11 is 0. The fraction of sp³-hybridized carbons (Fsp3) is 0.562. The van der Waals surface area contributed by atoms with Crippen molar-refractivity contribution in [1.29, 1.82) is 0 Å². The molecule has 3 rings (SSSR count). The average molecular weight is 243 g/mol. The van der Waals surface area contributed by atoms with Gasteiger partial charge in [0.1, 0.15) is 0 Å². The van der Waals surface area contributed by atoms with Crippen molar-refractivity contribution >= 4 is 5.78 Å². The van der Waals surface area contributed by atoms with Gasteiger partial charge in [-0.25, -0.2) is 0 Å². The maximum atomic E-state index is 12.3. The van der Waals surface area contributed by atoms with Crippen LogP contribution in [0.3, 0.4) is 0 Å². The van der Waals surface area contributed by atoms with Gasteiger partial charge in [0.15, 0.2) is 5.78 Å². The zero-order valence-electron chi connectivity index (χ0n) is 11.5. The highest BCUT2D eigenvalue weighted by Crippen LogP contribution is 2.42. The lowest BCUT2D eigenvalue weighted by Gasteiger charge is -2.41. The summed E-state index contributed by atoms with van der Waals surface area (Å²) in [7, 11) is 2.19. The molecule has 0 bridgehead atoms. The average Bonchev–Trinajstić information content (AvgIpc) is 2.29. The highest BCUT2D eigenvalue weighted by Gasteiger charge is 2.37. The minimum atomic E-state index is 0.369. The molecule has 0 amide bonds. The van der Waals surface area contributed by atoms with E-state index in [9.17, 15) is 4.79 Å². The molecule has 1 saturated heterocycles. The molecular formula is C16H21NO. The second kappa shape index (κ2) is 4.20. The Morgan fingerprint density at radius 1 is 1.28 bits per heavy atom. The van der Waals surface area contributed by atoms with Crippen molar-refractivity contribution in [1.82, 2.24) is 4.90 Å². The van der Waals surface area contributed by atoms with E-state index in [0.717, 1.165) is 25.1 Å². The first-order valence-electron chi connectivity index (χ1n) is 6.89. The number of fused-ring (bicyclic) bond motifs is 3. The Morgan fingerprint density at radius 2 is 2.06 bits per heavy atom. The predicted molar refractivity (Wildman–Crippen MR) is 73.2 cm³/mol. The van der Waals surface area contributed by atoms with Crippen LogP contribution in [-0.4, -0.2) is 30.8 Å². The zero-order valence-corrected chi connectivity index (χ0v) is 11.5. The number of likely N-dealkylation sites (tertiary alicyclic amines) is 1. The largest absolute Gasteiger partial charge is 0.306 e. The maximum Gasteiger partial charge on any atom is 0.163 e. The number of Topliss-reactive ketones (excluding diaryl/α,β-unsaturated/α-hetero) is 1. The lowest BCUT2D eigenvalue weighted by Crippen LogP contribution is -2.40. The maximum absolute atomic E-state index is 12.3. The van der Waals surface area contributed by atoms with E-state index in [1.165, 1.54) is 23.1 Å². The third kappa shape index (κ3) is 1.79. The van der Waals surface area contributed by atoms with Crippen molar-refractivity contribution in [3.05, 3.63) is 34.4 Å². The second-order valence-electron chi connectivity index (χ2n) is 6.09. The third-order valence-corrected chi connectivity index (χ3v) is 4.60. The van der Waals surface area contributed by atoms with Crippen molar-refractivity contribution in [3.8, 4) is 0 Å². The summed E-state index contributed by atoms with van der Waals surface area (Å²) in [4.78, 5) is 14.7.